The zero-order chi connectivity index (χ0) is 13.3. The SMILES string of the molecule is CCC(C)(C)Nc1ccc(Br)cc1C(F)(F)F. The van der Waals surface area contributed by atoms with Crippen LogP contribution in [0.1, 0.15) is 32.8 Å². The number of anilines is 1. The maximum Gasteiger partial charge on any atom is 0.418 e. The molecule has 0 aliphatic carbocycles. The molecule has 17 heavy (non-hydrogen) atoms. The molecule has 0 saturated carbocycles. The smallest absolute Gasteiger partial charge is 0.380 e. The predicted octanol–water partition coefficient (Wildman–Crippen LogP) is 5.07. The van der Waals surface area contributed by atoms with Gasteiger partial charge in [0.15, 0.2) is 0 Å². The highest BCUT2D eigenvalue weighted by Crippen LogP contribution is 2.37. The van der Waals surface area contributed by atoms with Crippen molar-refractivity contribution in [2.75, 3.05) is 5.32 Å². The van der Waals surface area contributed by atoms with Gasteiger partial charge in [0.25, 0.3) is 0 Å². The Bertz CT molecular complexity index is 399. The van der Waals surface area contributed by atoms with Crippen LogP contribution in [0.15, 0.2) is 22.7 Å². The highest BCUT2D eigenvalue weighted by atomic mass is 79.9. The van der Waals surface area contributed by atoms with Crippen molar-refractivity contribution in [2.24, 2.45) is 0 Å². The maximum atomic E-state index is 12.8. The Balaban J connectivity index is 3.16. The lowest BCUT2D eigenvalue weighted by atomic mass is 10.0. The average Bonchev–Trinajstić information content (AvgIpc) is 2.19. The van der Waals surface area contributed by atoms with Gasteiger partial charge in [0.2, 0.25) is 0 Å². The van der Waals surface area contributed by atoms with E-state index in [2.05, 4.69) is 21.2 Å². The van der Waals surface area contributed by atoms with Gasteiger partial charge < -0.3 is 5.32 Å². The molecular weight excluding hydrogens is 295 g/mol. The number of alkyl halides is 3. The second-order valence-corrected chi connectivity index (χ2v) is 5.47. The molecule has 0 aliphatic heterocycles. The van der Waals surface area contributed by atoms with Crippen molar-refractivity contribution in [2.45, 2.75) is 38.9 Å². The second-order valence-electron chi connectivity index (χ2n) is 4.55. The van der Waals surface area contributed by atoms with Gasteiger partial charge in [-0.05, 0) is 38.5 Å². The lowest BCUT2D eigenvalue weighted by molar-refractivity contribution is -0.137. The summed E-state index contributed by atoms with van der Waals surface area (Å²) in [5, 5.41) is 2.93. The van der Waals surface area contributed by atoms with Crippen LogP contribution >= 0.6 is 15.9 Å². The molecule has 0 atom stereocenters. The van der Waals surface area contributed by atoms with Crippen LogP contribution in [0.3, 0.4) is 0 Å². The van der Waals surface area contributed by atoms with Crippen molar-refractivity contribution in [3.63, 3.8) is 0 Å². The third-order valence-corrected chi connectivity index (χ3v) is 3.14. The highest BCUT2D eigenvalue weighted by molar-refractivity contribution is 9.10. The van der Waals surface area contributed by atoms with Crippen LogP contribution in [-0.2, 0) is 6.18 Å². The predicted molar refractivity (Wildman–Crippen MR) is 67.1 cm³/mol. The molecule has 0 spiro atoms. The zero-order valence-corrected chi connectivity index (χ0v) is 11.5. The van der Waals surface area contributed by atoms with Crippen LogP contribution in [0.2, 0.25) is 0 Å². The summed E-state index contributed by atoms with van der Waals surface area (Å²) in [6.45, 7) is 5.67. The van der Waals surface area contributed by atoms with Crippen LogP contribution in [0.5, 0.6) is 0 Å². The van der Waals surface area contributed by atoms with Crippen molar-refractivity contribution < 1.29 is 13.2 Å². The minimum Gasteiger partial charge on any atom is -0.380 e. The number of hydrogen-bond acceptors (Lipinski definition) is 1. The Kier molecular flexibility index (Phi) is 4.12. The number of halogens is 4. The Labute approximate surface area is 108 Å². The lowest BCUT2D eigenvalue weighted by Crippen LogP contribution is -2.30. The summed E-state index contributed by atoms with van der Waals surface area (Å²) in [6, 6.07) is 4.14. The number of nitrogens with one attached hydrogen (secondary N) is 1. The van der Waals surface area contributed by atoms with E-state index in [1.165, 1.54) is 6.07 Å². The topological polar surface area (TPSA) is 12.0 Å². The molecule has 1 aromatic carbocycles. The van der Waals surface area contributed by atoms with E-state index in [4.69, 9.17) is 0 Å². The number of benzene rings is 1. The normalized spacial score (nSPS) is 12.6. The monoisotopic (exact) mass is 309 g/mol. The number of rotatable bonds is 3. The molecule has 0 radical (unpaired) electrons. The molecule has 1 aromatic rings. The van der Waals surface area contributed by atoms with E-state index in [0.717, 1.165) is 12.5 Å². The first kappa shape index (κ1) is 14.4. The van der Waals surface area contributed by atoms with E-state index in [9.17, 15) is 13.2 Å². The van der Waals surface area contributed by atoms with Gasteiger partial charge in [-0.25, -0.2) is 0 Å². The Morgan fingerprint density at radius 1 is 1.24 bits per heavy atom. The van der Waals surface area contributed by atoms with Crippen LogP contribution in [0, 0.1) is 0 Å². The summed E-state index contributed by atoms with van der Waals surface area (Å²) < 4.78 is 39.0. The van der Waals surface area contributed by atoms with Gasteiger partial charge in [-0.15, -0.1) is 0 Å². The van der Waals surface area contributed by atoms with Gasteiger partial charge in [-0.2, -0.15) is 13.2 Å². The van der Waals surface area contributed by atoms with E-state index in [1.54, 1.807) is 6.07 Å². The van der Waals surface area contributed by atoms with E-state index < -0.39 is 11.7 Å². The molecule has 96 valence electrons. The minimum atomic E-state index is -4.35. The van der Waals surface area contributed by atoms with E-state index >= 15 is 0 Å². The van der Waals surface area contributed by atoms with Crippen molar-refractivity contribution in [1.82, 2.24) is 0 Å². The fraction of sp³-hybridized carbons (Fsp3) is 0.500. The quantitative estimate of drug-likeness (QED) is 0.822. The van der Waals surface area contributed by atoms with Crippen molar-refractivity contribution >= 4 is 21.6 Å². The molecule has 0 aliphatic rings. The first-order valence-electron chi connectivity index (χ1n) is 5.30. The molecule has 1 N–H and O–H groups in total. The summed E-state index contributed by atoms with van der Waals surface area (Å²) in [6.07, 6.45) is -3.61. The molecule has 5 heteroatoms. The molecular formula is C12H15BrF3N. The van der Waals surface area contributed by atoms with E-state index in [1.807, 2.05) is 20.8 Å². The minimum absolute atomic E-state index is 0.118. The molecule has 1 nitrogen and oxygen atoms in total. The van der Waals surface area contributed by atoms with Gasteiger partial charge >= 0.3 is 6.18 Å². The molecule has 0 saturated heterocycles. The first-order chi connectivity index (χ1) is 7.65. The van der Waals surface area contributed by atoms with Gasteiger partial charge in [0.05, 0.1) is 5.56 Å². The number of hydrogen-bond donors (Lipinski definition) is 1. The van der Waals surface area contributed by atoms with Gasteiger partial charge in [0.1, 0.15) is 0 Å². The summed E-state index contributed by atoms with van der Waals surface area (Å²) in [5.41, 5.74) is -0.894. The summed E-state index contributed by atoms with van der Waals surface area (Å²) in [4.78, 5) is 0. The Hall–Kier alpha value is -0.710. The van der Waals surface area contributed by atoms with Crippen molar-refractivity contribution in [3.8, 4) is 0 Å². The fourth-order valence-electron chi connectivity index (χ4n) is 1.31. The average molecular weight is 310 g/mol. The first-order valence-corrected chi connectivity index (χ1v) is 6.10. The Morgan fingerprint density at radius 3 is 2.29 bits per heavy atom. The van der Waals surface area contributed by atoms with E-state index in [0.29, 0.717) is 4.47 Å². The van der Waals surface area contributed by atoms with Crippen LogP contribution in [-0.4, -0.2) is 5.54 Å². The summed E-state index contributed by atoms with van der Waals surface area (Å²) >= 11 is 3.06. The highest BCUT2D eigenvalue weighted by Gasteiger charge is 2.34. The zero-order valence-electron chi connectivity index (χ0n) is 9.95. The summed E-state index contributed by atoms with van der Waals surface area (Å²) in [5.74, 6) is 0. The van der Waals surface area contributed by atoms with Crippen molar-refractivity contribution in [3.05, 3.63) is 28.2 Å². The summed E-state index contributed by atoms with van der Waals surface area (Å²) in [7, 11) is 0. The molecule has 0 bridgehead atoms. The third kappa shape index (κ3) is 3.91. The molecule has 0 amide bonds. The van der Waals surface area contributed by atoms with Gasteiger partial charge in [-0.1, -0.05) is 22.9 Å². The lowest BCUT2D eigenvalue weighted by Gasteiger charge is -2.28. The van der Waals surface area contributed by atoms with Crippen LogP contribution < -0.4 is 5.32 Å². The van der Waals surface area contributed by atoms with Crippen LogP contribution in [0.4, 0.5) is 18.9 Å². The van der Waals surface area contributed by atoms with Gasteiger partial charge in [0, 0.05) is 15.7 Å². The molecule has 1 rings (SSSR count). The Morgan fingerprint density at radius 2 is 1.82 bits per heavy atom. The third-order valence-electron chi connectivity index (χ3n) is 2.64. The van der Waals surface area contributed by atoms with Gasteiger partial charge in [-0.3, -0.25) is 0 Å². The van der Waals surface area contributed by atoms with Crippen LogP contribution in [0.25, 0.3) is 0 Å². The molecule has 0 unspecified atom stereocenters. The second kappa shape index (κ2) is 4.88. The van der Waals surface area contributed by atoms with E-state index in [-0.39, 0.29) is 11.2 Å². The maximum absolute atomic E-state index is 12.8. The largest absolute Gasteiger partial charge is 0.418 e. The van der Waals surface area contributed by atoms with Crippen molar-refractivity contribution in [1.29, 1.82) is 0 Å². The molecule has 0 heterocycles. The fourth-order valence-corrected chi connectivity index (χ4v) is 1.67. The molecule has 0 fully saturated rings. The molecule has 0 aromatic heterocycles. The standard InChI is InChI=1S/C12H15BrF3N/c1-4-11(2,3)17-10-6-5-8(13)7-9(10)12(14,15)16/h5-7,17H,4H2,1-3H3.